The minimum atomic E-state index is -3.62. The maximum absolute atomic E-state index is 11.7. The molecule has 1 atom stereocenters. The van der Waals surface area contributed by atoms with Crippen molar-refractivity contribution in [3.05, 3.63) is 55.0 Å². The number of anilines is 2. The number of methoxy groups -OCH3 is 2. The van der Waals surface area contributed by atoms with E-state index in [-0.39, 0.29) is 12.6 Å². The number of aryl methyl sites for hydroxylation is 1. The van der Waals surface area contributed by atoms with Gasteiger partial charge in [0.2, 0.25) is 0 Å². The molecule has 0 saturated carbocycles. The third-order valence-corrected chi connectivity index (χ3v) is 5.95. The summed E-state index contributed by atoms with van der Waals surface area (Å²) in [4.78, 5) is 11.3. The van der Waals surface area contributed by atoms with Crippen molar-refractivity contribution in [2.75, 3.05) is 32.0 Å². The molecule has 184 valence electrons. The molecule has 0 aliphatic carbocycles. The van der Waals surface area contributed by atoms with Gasteiger partial charge in [0, 0.05) is 48.4 Å². The Kier molecular flexibility index (Phi) is 6.90. The molecule has 0 spiro atoms. The Balaban J connectivity index is 1.82. The van der Waals surface area contributed by atoms with E-state index < -0.39 is 10.1 Å². The molecule has 4 aromatic rings. The molecule has 0 bridgehead atoms. The van der Waals surface area contributed by atoms with Crippen LogP contribution in [0, 0.1) is 0 Å². The number of benzene rings is 2. The zero-order valence-corrected chi connectivity index (χ0v) is 21.0. The van der Waals surface area contributed by atoms with Crippen molar-refractivity contribution in [2.45, 2.75) is 13.0 Å². The number of ether oxygens (including phenoxy) is 2. The Bertz CT molecular complexity index is 1430. The first kappa shape index (κ1) is 24.4. The molecule has 0 radical (unpaired) electrons. The quantitative estimate of drug-likeness (QED) is 0.321. The average Bonchev–Trinajstić information content (AvgIpc) is 3.28. The minimum Gasteiger partial charge on any atom is -0.497 e. The van der Waals surface area contributed by atoms with E-state index in [0.717, 1.165) is 28.7 Å². The minimum absolute atomic E-state index is 0.0577. The summed E-state index contributed by atoms with van der Waals surface area (Å²) in [6.45, 7) is 1.82. The summed E-state index contributed by atoms with van der Waals surface area (Å²) in [5.41, 5.74) is 4.48. The summed E-state index contributed by atoms with van der Waals surface area (Å²) in [6, 6.07) is 10.8. The number of hydrogen-bond acceptors (Lipinski definition) is 9. The van der Waals surface area contributed by atoms with Crippen LogP contribution in [0.25, 0.3) is 22.3 Å². The van der Waals surface area contributed by atoms with Crippen molar-refractivity contribution < 1.29 is 22.1 Å². The fourth-order valence-corrected chi connectivity index (χ4v) is 4.17. The molecule has 4 rings (SSSR count). The second-order valence-electron chi connectivity index (χ2n) is 8.11. The third kappa shape index (κ3) is 5.69. The lowest BCUT2D eigenvalue weighted by molar-refractivity contribution is 0.300. The predicted octanol–water partition coefficient (Wildman–Crippen LogP) is 3.55. The molecule has 35 heavy (non-hydrogen) atoms. The maximum atomic E-state index is 11.7. The van der Waals surface area contributed by atoms with Crippen LogP contribution in [0.2, 0.25) is 0 Å². The maximum Gasteiger partial charge on any atom is 0.264 e. The zero-order chi connectivity index (χ0) is 25.2. The van der Waals surface area contributed by atoms with Crippen LogP contribution in [0.5, 0.6) is 11.5 Å². The molecule has 0 aliphatic rings. The van der Waals surface area contributed by atoms with E-state index in [2.05, 4.69) is 10.1 Å². The van der Waals surface area contributed by atoms with E-state index in [0.29, 0.717) is 22.7 Å². The van der Waals surface area contributed by atoms with E-state index in [1.165, 1.54) is 0 Å². The first-order valence-corrected chi connectivity index (χ1v) is 12.6. The lowest BCUT2D eigenvalue weighted by atomic mass is 10.1. The highest BCUT2D eigenvalue weighted by Crippen LogP contribution is 2.35. The van der Waals surface area contributed by atoms with Gasteiger partial charge < -0.3 is 14.4 Å². The van der Waals surface area contributed by atoms with Gasteiger partial charge in [-0.15, -0.1) is 0 Å². The monoisotopic (exact) mass is 497 g/mol. The highest BCUT2D eigenvalue weighted by molar-refractivity contribution is 7.85. The van der Waals surface area contributed by atoms with E-state index in [1.54, 1.807) is 37.4 Å². The molecule has 2 aromatic heterocycles. The first-order valence-electron chi connectivity index (χ1n) is 10.8. The van der Waals surface area contributed by atoms with E-state index in [9.17, 15) is 8.42 Å². The molecule has 0 aliphatic heterocycles. The standard InChI is InChI=1S/C24H27N5O5S/c1-16(15-34-35(5,30)31)29(19-8-20(32-3)11-21(9-19)33-4)18-6-7-22-23(10-18)27-24(13-25-22)17-12-26-28(2)14-17/h6-14,16H,15H2,1-5H3. The molecular weight excluding hydrogens is 470 g/mol. The fraction of sp³-hybridized carbons (Fsp3) is 0.292. The van der Waals surface area contributed by atoms with E-state index in [4.69, 9.17) is 18.6 Å². The molecule has 0 saturated heterocycles. The molecule has 0 N–H and O–H groups in total. The number of rotatable bonds is 9. The van der Waals surface area contributed by atoms with Crippen LogP contribution in [-0.2, 0) is 21.3 Å². The summed E-state index contributed by atoms with van der Waals surface area (Å²) in [7, 11) is 1.37. The first-order chi connectivity index (χ1) is 16.7. The summed E-state index contributed by atoms with van der Waals surface area (Å²) >= 11 is 0. The summed E-state index contributed by atoms with van der Waals surface area (Å²) < 4.78 is 41.1. The molecular formula is C24H27N5O5S. The SMILES string of the molecule is COc1cc(OC)cc(N(c2ccc3ncc(-c4cnn(C)c4)nc3c2)C(C)COS(C)(=O)=O)c1. The second-order valence-corrected chi connectivity index (χ2v) is 9.75. The van der Waals surface area contributed by atoms with Gasteiger partial charge in [-0.1, -0.05) is 0 Å². The normalized spacial score (nSPS) is 12.5. The lowest BCUT2D eigenvalue weighted by Gasteiger charge is -2.31. The van der Waals surface area contributed by atoms with Crippen LogP contribution < -0.4 is 14.4 Å². The average molecular weight is 498 g/mol. The van der Waals surface area contributed by atoms with Crippen molar-refractivity contribution in [3.63, 3.8) is 0 Å². The number of aromatic nitrogens is 4. The Hall–Kier alpha value is -3.70. The zero-order valence-electron chi connectivity index (χ0n) is 20.2. The van der Waals surface area contributed by atoms with Crippen LogP contribution in [0.4, 0.5) is 11.4 Å². The van der Waals surface area contributed by atoms with Gasteiger partial charge in [-0.2, -0.15) is 13.5 Å². The van der Waals surface area contributed by atoms with Gasteiger partial charge in [0.05, 0.1) is 62.2 Å². The lowest BCUT2D eigenvalue weighted by Crippen LogP contribution is -2.33. The van der Waals surface area contributed by atoms with Crippen LogP contribution in [0.1, 0.15) is 6.92 Å². The Morgan fingerprint density at radius 2 is 1.71 bits per heavy atom. The van der Waals surface area contributed by atoms with Crippen LogP contribution in [0.15, 0.2) is 55.0 Å². The van der Waals surface area contributed by atoms with Gasteiger partial charge in [0.1, 0.15) is 11.5 Å². The van der Waals surface area contributed by atoms with Crippen molar-refractivity contribution in [1.82, 2.24) is 19.7 Å². The topological polar surface area (TPSA) is 109 Å². The van der Waals surface area contributed by atoms with Crippen LogP contribution in [0.3, 0.4) is 0 Å². The number of nitrogens with zero attached hydrogens (tertiary/aromatic N) is 5. The van der Waals surface area contributed by atoms with Gasteiger partial charge >= 0.3 is 0 Å². The second kappa shape index (κ2) is 9.88. The van der Waals surface area contributed by atoms with Crippen molar-refractivity contribution in [2.24, 2.45) is 7.05 Å². The largest absolute Gasteiger partial charge is 0.497 e. The Labute approximate surface area is 204 Å². The molecule has 2 aromatic carbocycles. The summed E-state index contributed by atoms with van der Waals surface area (Å²) in [5, 5.41) is 4.21. The molecule has 10 nitrogen and oxygen atoms in total. The molecule has 11 heteroatoms. The van der Waals surface area contributed by atoms with Gasteiger partial charge in [-0.3, -0.25) is 13.8 Å². The molecule has 1 unspecified atom stereocenters. The van der Waals surface area contributed by atoms with Crippen molar-refractivity contribution in [3.8, 4) is 22.8 Å². The Morgan fingerprint density at radius 3 is 2.31 bits per heavy atom. The predicted molar refractivity (Wildman–Crippen MR) is 134 cm³/mol. The third-order valence-electron chi connectivity index (χ3n) is 5.38. The van der Waals surface area contributed by atoms with E-state index >= 15 is 0 Å². The highest BCUT2D eigenvalue weighted by atomic mass is 32.2. The van der Waals surface area contributed by atoms with Crippen LogP contribution in [-0.4, -0.2) is 61.3 Å². The fourth-order valence-electron chi connectivity index (χ4n) is 3.73. The smallest absolute Gasteiger partial charge is 0.264 e. The molecule has 0 amide bonds. The van der Waals surface area contributed by atoms with Crippen molar-refractivity contribution in [1.29, 1.82) is 0 Å². The van der Waals surface area contributed by atoms with Gasteiger partial charge in [-0.05, 0) is 25.1 Å². The van der Waals surface area contributed by atoms with Gasteiger partial charge in [0.15, 0.2) is 0 Å². The molecule has 2 heterocycles. The van der Waals surface area contributed by atoms with E-state index in [1.807, 2.05) is 55.4 Å². The molecule has 0 fully saturated rings. The number of fused-ring (bicyclic) bond motifs is 1. The van der Waals surface area contributed by atoms with Crippen LogP contribution >= 0.6 is 0 Å². The summed E-state index contributed by atoms with van der Waals surface area (Å²) in [5.74, 6) is 1.19. The van der Waals surface area contributed by atoms with Gasteiger partial charge in [-0.25, -0.2) is 4.98 Å². The Morgan fingerprint density at radius 1 is 1.00 bits per heavy atom. The highest BCUT2D eigenvalue weighted by Gasteiger charge is 2.21. The summed E-state index contributed by atoms with van der Waals surface area (Å²) in [6.07, 6.45) is 6.36. The van der Waals surface area contributed by atoms with Crippen molar-refractivity contribution >= 4 is 32.5 Å². The van der Waals surface area contributed by atoms with Gasteiger partial charge in [0.25, 0.3) is 10.1 Å². The number of hydrogen-bond donors (Lipinski definition) is 0.